The van der Waals surface area contributed by atoms with Crippen molar-refractivity contribution in [2.24, 2.45) is 0 Å². The molecule has 4 N–H and O–H groups in total. The molecule has 1 rings (SSSR count). The Bertz CT molecular complexity index is 833. The highest BCUT2D eigenvalue weighted by molar-refractivity contribution is 5.69. The third-order valence-corrected chi connectivity index (χ3v) is 9.62. The fourth-order valence-corrected chi connectivity index (χ4v) is 6.29. The molecule has 6 unspecified atom stereocenters. The van der Waals surface area contributed by atoms with E-state index in [9.17, 15) is 25.2 Å². The van der Waals surface area contributed by atoms with E-state index in [2.05, 4.69) is 38.2 Å². The molecule has 1 fully saturated rings. The van der Waals surface area contributed by atoms with Gasteiger partial charge in [0.1, 0.15) is 30.5 Å². The molecule has 9 heteroatoms. The van der Waals surface area contributed by atoms with Gasteiger partial charge in [-0.1, -0.05) is 147 Å². The second-order valence-corrected chi connectivity index (χ2v) is 14.4. The zero-order chi connectivity index (χ0) is 37.2. The van der Waals surface area contributed by atoms with Gasteiger partial charge in [-0.2, -0.15) is 0 Å². The van der Waals surface area contributed by atoms with Crippen molar-refractivity contribution in [3.8, 4) is 0 Å². The number of ether oxygens (including phenoxy) is 4. The molecule has 51 heavy (non-hydrogen) atoms. The molecule has 0 saturated carbocycles. The summed E-state index contributed by atoms with van der Waals surface area (Å²) in [5.74, 6) is -0.331. The minimum atomic E-state index is -1.53. The van der Waals surface area contributed by atoms with Gasteiger partial charge in [0.25, 0.3) is 0 Å². The number of esters is 1. The van der Waals surface area contributed by atoms with Crippen LogP contribution in [0.5, 0.6) is 0 Å². The molecular weight excluding hydrogens is 648 g/mol. The SMILES string of the molecule is CCCCCCC/C=C\C/C=C\CCCCCCCCCCCCCCOCC(COC1OC(CO)C(O)C(O)C1O)OC(=O)CCCCCC. The zero-order valence-corrected chi connectivity index (χ0v) is 32.6. The Labute approximate surface area is 311 Å². The van der Waals surface area contributed by atoms with E-state index in [1.54, 1.807) is 0 Å². The maximum atomic E-state index is 12.4. The summed E-state index contributed by atoms with van der Waals surface area (Å²) in [5.41, 5.74) is 0. The Kier molecular flexibility index (Phi) is 32.2. The molecule has 0 aliphatic carbocycles. The molecular formula is C42H78O9. The fraction of sp³-hybridized carbons (Fsp3) is 0.881. The lowest BCUT2D eigenvalue weighted by Crippen LogP contribution is -2.59. The largest absolute Gasteiger partial charge is 0.457 e. The molecule has 0 amide bonds. The normalized spacial score (nSPS) is 21.6. The van der Waals surface area contributed by atoms with Crippen molar-refractivity contribution in [1.82, 2.24) is 0 Å². The number of allylic oxidation sites excluding steroid dienone is 4. The number of carbonyl (C=O) groups excluding carboxylic acids is 1. The third kappa shape index (κ3) is 26.1. The van der Waals surface area contributed by atoms with Crippen LogP contribution in [0.4, 0.5) is 0 Å². The monoisotopic (exact) mass is 727 g/mol. The number of hydrogen-bond donors (Lipinski definition) is 4. The molecule has 0 bridgehead atoms. The molecule has 0 spiro atoms. The summed E-state index contributed by atoms with van der Waals surface area (Å²) in [6, 6.07) is 0. The van der Waals surface area contributed by atoms with Gasteiger partial charge >= 0.3 is 5.97 Å². The van der Waals surface area contributed by atoms with Crippen LogP contribution in [0.3, 0.4) is 0 Å². The number of carbonyl (C=O) groups is 1. The highest BCUT2D eigenvalue weighted by Gasteiger charge is 2.44. The zero-order valence-electron chi connectivity index (χ0n) is 32.6. The Morgan fingerprint density at radius 2 is 1.14 bits per heavy atom. The second-order valence-electron chi connectivity index (χ2n) is 14.4. The molecule has 1 heterocycles. The van der Waals surface area contributed by atoms with E-state index in [0.29, 0.717) is 13.0 Å². The lowest BCUT2D eigenvalue weighted by atomic mass is 9.99. The van der Waals surface area contributed by atoms with Gasteiger partial charge in [-0.15, -0.1) is 0 Å². The van der Waals surface area contributed by atoms with Crippen LogP contribution >= 0.6 is 0 Å². The van der Waals surface area contributed by atoms with Gasteiger partial charge in [-0.3, -0.25) is 4.79 Å². The van der Waals surface area contributed by atoms with Gasteiger partial charge in [-0.05, 0) is 44.9 Å². The smallest absolute Gasteiger partial charge is 0.306 e. The van der Waals surface area contributed by atoms with Crippen LogP contribution in [0.1, 0.15) is 174 Å². The summed E-state index contributed by atoms with van der Waals surface area (Å²) in [7, 11) is 0. The maximum Gasteiger partial charge on any atom is 0.306 e. The van der Waals surface area contributed by atoms with Crippen LogP contribution in [-0.2, 0) is 23.7 Å². The Morgan fingerprint density at radius 3 is 1.69 bits per heavy atom. The molecule has 300 valence electrons. The summed E-state index contributed by atoms with van der Waals surface area (Å²) in [5, 5.41) is 39.8. The van der Waals surface area contributed by atoms with Crippen LogP contribution < -0.4 is 0 Å². The lowest BCUT2D eigenvalue weighted by Gasteiger charge is -2.39. The van der Waals surface area contributed by atoms with E-state index in [1.807, 2.05) is 0 Å². The van der Waals surface area contributed by atoms with Crippen LogP contribution in [0, 0.1) is 0 Å². The van der Waals surface area contributed by atoms with Crippen molar-refractivity contribution >= 4 is 5.97 Å². The first-order valence-corrected chi connectivity index (χ1v) is 20.9. The van der Waals surface area contributed by atoms with E-state index in [1.165, 1.54) is 109 Å². The van der Waals surface area contributed by atoms with Crippen LogP contribution in [0.2, 0.25) is 0 Å². The van der Waals surface area contributed by atoms with Gasteiger partial charge in [0.2, 0.25) is 0 Å². The first kappa shape index (κ1) is 47.7. The topological polar surface area (TPSA) is 135 Å². The molecule has 1 aliphatic rings. The van der Waals surface area contributed by atoms with Gasteiger partial charge < -0.3 is 39.4 Å². The summed E-state index contributed by atoms with van der Waals surface area (Å²) >= 11 is 0. The van der Waals surface area contributed by atoms with E-state index in [-0.39, 0.29) is 19.2 Å². The van der Waals surface area contributed by atoms with Crippen LogP contribution in [0.15, 0.2) is 24.3 Å². The number of hydrogen-bond acceptors (Lipinski definition) is 9. The highest BCUT2D eigenvalue weighted by atomic mass is 16.7. The number of unbranched alkanes of at least 4 members (excludes halogenated alkanes) is 20. The summed E-state index contributed by atoms with van der Waals surface area (Å²) < 4.78 is 22.5. The van der Waals surface area contributed by atoms with Crippen molar-refractivity contribution in [2.45, 2.75) is 211 Å². The Balaban J connectivity index is 2.08. The molecule has 0 aromatic carbocycles. The molecule has 9 nitrogen and oxygen atoms in total. The molecule has 0 radical (unpaired) electrons. The molecule has 0 aromatic rings. The first-order valence-electron chi connectivity index (χ1n) is 20.9. The van der Waals surface area contributed by atoms with Gasteiger partial charge in [0.15, 0.2) is 6.29 Å². The summed E-state index contributed by atoms with van der Waals surface area (Å²) in [6.45, 7) is 4.42. The van der Waals surface area contributed by atoms with Crippen LogP contribution in [-0.4, -0.2) is 89.6 Å². The molecule has 0 aromatic heterocycles. The van der Waals surface area contributed by atoms with Gasteiger partial charge in [0.05, 0.1) is 19.8 Å². The first-order chi connectivity index (χ1) is 24.9. The number of aliphatic hydroxyl groups excluding tert-OH is 4. The quantitative estimate of drug-likeness (QED) is 0.0288. The van der Waals surface area contributed by atoms with Crippen molar-refractivity contribution in [1.29, 1.82) is 0 Å². The molecule has 1 saturated heterocycles. The van der Waals surface area contributed by atoms with Crippen molar-refractivity contribution < 1.29 is 44.2 Å². The van der Waals surface area contributed by atoms with E-state index < -0.39 is 43.4 Å². The third-order valence-electron chi connectivity index (χ3n) is 9.62. The minimum Gasteiger partial charge on any atom is -0.457 e. The minimum absolute atomic E-state index is 0.113. The van der Waals surface area contributed by atoms with Crippen molar-refractivity contribution in [2.75, 3.05) is 26.4 Å². The molecule has 6 atom stereocenters. The average molecular weight is 727 g/mol. The molecule has 1 aliphatic heterocycles. The van der Waals surface area contributed by atoms with Crippen molar-refractivity contribution in [3.63, 3.8) is 0 Å². The fourth-order valence-electron chi connectivity index (χ4n) is 6.29. The Morgan fingerprint density at radius 1 is 0.627 bits per heavy atom. The van der Waals surface area contributed by atoms with E-state index in [4.69, 9.17) is 18.9 Å². The van der Waals surface area contributed by atoms with Gasteiger partial charge in [0, 0.05) is 13.0 Å². The highest BCUT2D eigenvalue weighted by Crippen LogP contribution is 2.22. The predicted octanol–water partition coefficient (Wildman–Crippen LogP) is 8.64. The number of rotatable bonds is 35. The maximum absolute atomic E-state index is 12.4. The summed E-state index contributed by atoms with van der Waals surface area (Å²) in [6.07, 6.45) is 31.3. The van der Waals surface area contributed by atoms with E-state index >= 15 is 0 Å². The second kappa shape index (κ2) is 34.4. The number of aliphatic hydroxyl groups is 4. The van der Waals surface area contributed by atoms with Crippen molar-refractivity contribution in [3.05, 3.63) is 24.3 Å². The van der Waals surface area contributed by atoms with E-state index in [0.717, 1.165) is 44.9 Å². The Hall–Kier alpha value is -1.33. The average Bonchev–Trinajstić information content (AvgIpc) is 3.13. The summed E-state index contributed by atoms with van der Waals surface area (Å²) in [4.78, 5) is 12.4. The standard InChI is InChI=1S/C42H78O9/c1-3-5-7-9-10-11-12-13-14-15-16-17-18-19-20-21-22-23-24-25-26-27-28-30-32-48-34-36(50-38(44)31-29-8-6-4-2)35-49-42-41(47)40(46)39(45)37(33-43)51-42/h12-13,15-16,36-37,39-43,45-47H,3-11,14,17-35H2,1-2H3/b13-12-,16-15-. The predicted molar refractivity (Wildman–Crippen MR) is 205 cm³/mol. The lowest BCUT2D eigenvalue weighted by molar-refractivity contribution is -0.305. The van der Waals surface area contributed by atoms with Crippen LogP contribution in [0.25, 0.3) is 0 Å². The van der Waals surface area contributed by atoms with Gasteiger partial charge in [-0.25, -0.2) is 0 Å².